The maximum Gasteiger partial charge on any atom is 0.280 e. The summed E-state index contributed by atoms with van der Waals surface area (Å²) in [5.41, 5.74) is 1.40. The van der Waals surface area contributed by atoms with E-state index in [4.69, 9.17) is 0 Å². The lowest BCUT2D eigenvalue weighted by atomic mass is 9.93. The van der Waals surface area contributed by atoms with Gasteiger partial charge < -0.3 is 14.8 Å². The summed E-state index contributed by atoms with van der Waals surface area (Å²) in [6, 6.07) is 7.14. The average molecular weight is 454 g/mol. The van der Waals surface area contributed by atoms with Crippen LogP contribution in [0, 0.1) is 5.82 Å². The number of halogens is 1. The van der Waals surface area contributed by atoms with Crippen LogP contribution < -0.4 is 10.9 Å². The standard InChI is InChI=1S/C24H28FN5O3/c1-6-14(2)28-12-17-21(23(28)33)29(13-19(31)26-16-9-7-15(25)8-10-16)20-11-18(24(3,4)5)27-30(20)22(17)32/h7-11,14H,6,12-13H2,1-5H3,(H,26,31). The number of hydrogen-bond donors (Lipinski definition) is 1. The molecule has 1 unspecified atom stereocenters. The SMILES string of the molecule is CCC(C)N1Cc2c(n(CC(=O)Nc3ccc(F)cc3)c3cc(C(C)(C)C)nn3c2=O)C1=O. The van der Waals surface area contributed by atoms with Gasteiger partial charge in [-0.25, -0.2) is 4.39 Å². The number of benzene rings is 1. The quantitative estimate of drug-likeness (QED) is 0.642. The van der Waals surface area contributed by atoms with Crippen molar-refractivity contribution in [1.29, 1.82) is 0 Å². The number of aromatic nitrogens is 3. The van der Waals surface area contributed by atoms with E-state index in [1.807, 2.05) is 34.6 Å². The fraction of sp³-hybridized carbons (Fsp3) is 0.417. The van der Waals surface area contributed by atoms with Crippen molar-refractivity contribution in [2.24, 2.45) is 0 Å². The summed E-state index contributed by atoms with van der Waals surface area (Å²) in [5.74, 6) is -1.08. The van der Waals surface area contributed by atoms with Crippen molar-refractivity contribution < 1.29 is 14.0 Å². The Morgan fingerprint density at radius 1 is 1.21 bits per heavy atom. The Hall–Kier alpha value is -3.49. The van der Waals surface area contributed by atoms with Crippen LogP contribution in [-0.2, 0) is 23.3 Å². The zero-order valence-corrected chi connectivity index (χ0v) is 19.5. The van der Waals surface area contributed by atoms with Crippen molar-refractivity contribution in [3.05, 3.63) is 63.5 Å². The number of nitrogens with one attached hydrogen (secondary N) is 1. The molecule has 2 amide bonds. The molecule has 0 radical (unpaired) electrons. The fourth-order valence-corrected chi connectivity index (χ4v) is 3.97. The molecule has 4 rings (SSSR count). The van der Waals surface area contributed by atoms with Gasteiger partial charge in [0.05, 0.1) is 17.8 Å². The van der Waals surface area contributed by atoms with Crippen LogP contribution >= 0.6 is 0 Å². The predicted octanol–water partition coefficient (Wildman–Crippen LogP) is 3.33. The summed E-state index contributed by atoms with van der Waals surface area (Å²) < 4.78 is 16.1. The minimum absolute atomic E-state index is 0.0525. The lowest BCUT2D eigenvalue weighted by molar-refractivity contribution is -0.116. The maximum atomic E-state index is 13.4. The maximum absolute atomic E-state index is 13.4. The first-order chi connectivity index (χ1) is 15.5. The second kappa shape index (κ2) is 8.13. The van der Waals surface area contributed by atoms with Gasteiger partial charge in [0.25, 0.3) is 11.5 Å². The van der Waals surface area contributed by atoms with Crippen LogP contribution in [0.25, 0.3) is 5.65 Å². The number of nitrogens with zero attached hydrogens (tertiary/aromatic N) is 4. The molecule has 3 aromatic rings. The minimum atomic E-state index is -0.405. The molecule has 1 aliphatic rings. The third-order valence-electron chi connectivity index (χ3n) is 6.09. The molecule has 0 fully saturated rings. The number of fused-ring (bicyclic) bond motifs is 2. The third kappa shape index (κ3) is 4.03. The Labute approximate surface area is 191 Å². The molecule has 8 nitrogen and oxygen atoms in total. The topological polar surface area (TPSA) is 88.7 Å². The van der Waals surface area contributed by atoms with E-state index >= 15 is 0 Å². The van der Waals surface area contributed by atoms with Gasteiger partial charge >= 0.3 is 0 Å². The van der Waals surface area contributed by atoms with Gasteiger partial charge in [0.15, 0.2) is 0 Å². The van der Waals surface area contributed by atoms with Crippen LogP contribution in [0.5, 0.6) is 0 Å². The summed E-state index contributed by atoms with van der Waals surface area (Å²) in [4.78, 5) is 41.2. The molecule has 1 aliphatic heterocycles. The number of carbonyl (C=O) groups excluding carboxylic acids is 2. The first kappa shape index (κ1) is 22.7. The molecule has 1 N–H and O–H groups in total. The van der Waals surface area contributed by atoms with E-state index in [9.17, 15) is 18.8 Å². The highest BCUT2D eigenvalue weighted by Crippen LogP contribution is 2.27. The predicted molar refractivity (Wildman–Crippen MR) is 123 cm³/mol. The van der Waals surface area contributed by atoms with Crippen molar-refractivity contribution in [2.75, 3.05) is 5.32 Å². The lowest BCUT2D eigenvalue weighted by Gasteiger charge is -2.22. The molecular weight excluding hydrogens is 425 g/mol. The minimum Gasteiger partial charge on any atom is -0.330 e. The molecular formula is C24H28FN5O3. The smallest absolute Gasteiger partial charge is 0.280 e. The number of anilines is 1. The van der Waals surface area contributed by atoms with E-state index < -0.39 is 11.7 Å². The summed E-state index contributed by atoms with van der Waals surface area (Å²) in [6.07, 6.45) is 0.740. The molecule has 0 spiro atoms. The van der Waals surface area contributed by atoms with Crippen molar-refractivity contribution >= 4 is 23.1 Å². The second-order valence-electron chi connectivity index (χ2n) is 9.51. The number of amides is 2. The summed E-state index contributed by atoms with van der Waals surface area (Å²) in [7, 11) is 0. The monoisotopic (exact) mass is 453 g/mol. The van der Waals surface area contributed by atoms with E-state index in [0.29, 0.717) is 22.6 Å². The Balaban J connectivity index is 1.83. The van der Waals surface area contributed by atoms with Gasteiger partial charge in [-0.05, 0) is 37.6 Å². The van der Waals surface area contributed by atoms with Gasteiger partial charge in [-0.1, -0.05) is 27.7 Å². The first-order valence-electron chi connectivity index (χ1n) is 11.0. The Kier molecular flexibility index (Phi) is 5.59. The highest BCUT2D eigenvalue weighted by atomic mass is 19.1. The average Bonchev–Trinajstić information content (AvgIpc) is 3.35. The number of hydrogen-bond acceptors (Lipinski definition) is 4. The van der Waals surface area contributed by atoms with Crippen LogP contribution in [0.3, 0.4) is 0 Å². The molecule has 33 heavy (non-hydrogen) atoms. The molecule has 0 bridgehead atoms. The molecule has 9 heteroatoms. The van der Waals surface area contributed by atoms with Crippen molar-refractivity contribution in [3.63, 3.8) is 0 Å². The van der Waals surface area contributed by atoms with Crippen molar-refractivity contribution in [1.82, 2.24) is 19.1 Å². The first-order valence-corrected chi connectivity index (χ1v) is 11.0. The van der Waals surface area contributed by atoms with Crippen LogP contribution in [0.2, 0.25) is 0 Å². The zero-order chi connectivity index (χ0) is 24.1. The molecule has 3 heterocycles. The van der Waals surface area contributed by atoms with E-state index in [1.165, 1.54) is 28.8 Å². The summed E-state index contributed by atoms with van der Waals surface area (Å²) in [5, 5.41) is 7.24. The largest absolute Gasteiger partial charge is 0.330 e. The number of carbonyl (C=O) groups is 2. The molecule has 2 aromatic heterocycles. The van der Waals surface area contributed by atoms with Gasteiger partial charge in [-0.2, -0.15) is 9.61 Å². The van der Waals surface area contributed by atoms with Crippen molar-refractivity contribution in [2.45, 2.75) is 65.6 Å². The van der Waals surface area contributed by atoms with Crippen LogP contribution in [-0.4, -0.2) is 36.9 Å². The van der Waals surface area contributed by atoms with Gasteiger partial charge in [-0.3, -0.25) is 14.4 Å². The van der Waals surface area contributed by atoms with E-state index in [1.54, 1.807) is 15.5 Å². The molecule has 1 aromatic carbocycles. The Morgan fingerprint density at radius 3 is 2.48 bits per heavy atom. The second-order valence-corrected chi connectivity index (χ2v) is 9.51. The van der Waals surface area contributed by atoms with Crippen LogP contribution in [0.15, 0.2) is 35.1 Å². The fourth-order valence-electron chi connectivity index (χ4n) is 3.97. The van der Waals surface area contributed by atoms with E-state index in [0.717, 1.165) is 6.42 Å². The highest BCUT2D eigenvalue weighted by molar-refractivity contribution is 5.98. The normalized spacial score (nSPS) is 14.6. The van der Waals surface area contributed by atoms with E-state index in [2.05, 4.69) is 10.4 Å². The molecule has 0 saturated carbocycles. The van der Waals surface area contributed by atoms with Gasteiger partial charge in [0.1, 0.15) is 23.7 Å². The zero-order valence-electron chi connectivity index (χ0n) is 19.5. The number of rotatable bonds is 5. The molecule has 0 aliphatic carbocycles. The van der Waals surface area contributed by atoms with Gasteiger partial charge in [0.2, 0.25) is 5.91 Å². The molecule has 0 saturated heterocycles. The molecule has 1 atom stereocenters. The Morgan fingerprint density at radius 2 is 1.88 bits per heavy atom. The Bertz CT molecular complexity index is 1300. The molecule has 174 valence electrons. The lowest BCUT2D eigenvalue weighted by Crippen LogP contribution is -2.34. The van der Waals surface area contributed by atoms with Crippen molar-refractivity contribution in [3.8, 4) is 0 Å². The van der Waals surface area contributed by atoms with E-state index in [-0.39, 0.29) is 41.7 Å². The summed E-state index contributed by atoms with van der Waals surface area (Å²) >= 11 is 0. The summed E-state index contributed by atoms with van der Waals surface area (Å²) in [6.45, 7) is 9.84. The van der Waals surface area contributed by atoms with Crippen LogP contribution in [0.1, 0.15) is 62.8 Å². The van der Waals surface area contributed by atoms with Crippen LogP contribution in [0.4, 0.5) is 10.1 Å². The highest BCUT2D eigenvalue weighted by Gasteiger charge is 2.37. The van der Waals surface area contributed by atoms with Gasteiger partial charge in [0, 0.05) is 23.2 Å². The van der Waals surface area contributed by atoms with Gasteiger partial charge in [-0.15, -0.1) is 0 Å². The third-order valence-corrected chi connectivity index (χ3v) is 6.09.